The molecule has 0 aliphatic carbocycles. The summed E-state index contributed by atoms with van der Waals surface area (Å²) in [6.07, 6.45) is 2.12. The van der Waals surface area contributed by atoms with Gasteiger partial charge in [-0.2, -0.15) is 0 Å². The molecule has 0 heterocycles. The fourth-order valence-corrected chi connectivity index (χ4v) is 1.88. The van der Waals surface area contributed by atoms with Crippen molar-refractivity contribution in [1.82, 2.24) is 4.90 Å². The van der Waals surface area contributed by atoms with Crippen molar-refractivity contribution in [3.8, 4) is 0 Å². The highest BCUT2D eigenvalue weighted by Crippen LogP contribution is 2.11. The van der Waals surface area contributed by atoms with Gasteiger partial charge in [-0.25, -0.2) is 0 Å². The number of anilines is 1. The van der Waals surface area contributed by atoms with Crippen molar-refractivity contribution in [1.29, 1.82) is 0 Å². The third-order valence-electron chi connectivity index (χ3n) is 2.93. The van der Waals surface area contributed by atoms with E-state index in [-0.39, 0.29) is 17.9 Å². The van der Waals surface area contributed by atoms with Crippen molar-refractivity contribution in [3.05, 3.63) is 29.8 Å². The molecule has 0 fully saturated rings. The fraction of sp³-hybridized carbons (Fsp3) is 0.467. The van der Waals surface area contributed by atoms with Crippen LogP contribution in [0.2, 0.25) is 0 Å². The van der Waals surface area contributed by atoms with Crippen molar-refractivity contribution >= 4 is 17.5 Å². The average Bonchev–Trinajstić information content (AvgIpc) is 2.38. The highest BCUT2D eigenvalue weighted by atomic mass is 16.2. The number of hydrogen-bond donors (Lipinski definition) is 2. The quantitative estimate of drug-likeness (QED) is 0.833. The van der Waals surface area contributed by atoms with Gasteiger partial charge in [-0.05, 0) is 30.7 Å². The SMILES string of the molecule is CCCC(N)CC(=O)Nc1ccc(C(=O)N(C)C)cc1. The van der Waals surface area contributed by atoms with Gasteiger partial charge < -0.3 is 16.0 Å². The van der Waals surface area contributed by atoms with Crippen LogP contribution < -0.4 is 11.1 Å². The number of rotatable bonds is 6. The number of nitrogens with one attached hydrogen (secondary N) is 1. The summed E-state index contributed by atoms with van der Waals surface area (Å²) in [5.41, 5.74) is 7.09. The van der Waals surface area contributed by atoms with Crippen molar-refractivity contribution in [2.75, 3.05) is 19.4 Å². The third kappa shape index (κ3) is 5.01. The van der Waals surface area contributed by atoms with E-state index in [1.807, 2.05) is 6.92 Å². The van der Waals surface area contributed by atoms with Crippen LogP contribution in [-0.4, -0.2) is 36.9 Å². The standard InChI is InChI=1S/C15H23N3O2/c1-4-5-12(16)10-14(19)17-13-8-6-11(7-9-13)15(20)18(2)3/h6-9,12H,4-5,10,16H2,1-3H3,(H,17,19). The zero-order valence-electron chi connectivity index (χ0n) is 12.3. The predicted octanol–water partition coefficient (Wildman–Crippen LogP) is 1.84. The Hall–Kier alpha value is -1.88. The molecule has 1 aromatic carbocycles. The van der Waals surface area contributed by atoms with Gasteiger partial charge in [0.2, 0.25) is 5.91 Å². The minimum atomic E-state index is -0.102. The highest BCUT2D eigenvalue weighted by molar-refractivity contribution is 5.95. The minimum absolute atomic E-state index is 0.0622. The van der Waals surface area contributed by atoms with E-state index in [1.54, 1.807) is 38.4 Å². The monoisotopic (exact) mass is 277 g/mol. The van der Waals surface area contributed by atoms with E-state index in [0.717, 1.165) is 12.8 Å². The van der Waals surface area contributed by atoms with Gasteiger partial charge in [0.15, 0.2) is 0 Å². The van der Waals surface area contributed by atoms with E-state index >= 15 is 0 Å². The normalized spacial score (nSPS) is 11.8. The zero-order valence-corrected chi connectivity index (χ0v) is 12.3. The smallest absolute Gasteiger partial charge is 0.253 e. The van der Waals surface area contributed by atoms with E-state index in [1.165, 1.54) is 4.90 Å². The van der Waals surface area contributed by atoms with Crippen LogP contribution in [0.4, 0.5) is 5.69 Å². The Balaban J connectivity index is 2.57. The summed E-state index contributed by atoms with van der Waals surface area (Å²) in [5.74, 6) is -0.162. The molecule has 0 saturated carbocycles. The lowest BCUT2D eigenvalue weighted by Gasteiger charge is -2.12. The molecule has 1 rings (SSSR count). The van der Waals surface area contributed by atoms with Gasteiger partial charge in [-0.1, -0.05) is 13.3 Å². The van der Waals surface area contributed by atoms with Crippen LogP contribution in [0.5, 0.6) is 0 Å². The van der Waals surface area contributed by atoms with E-state index in [0.29, 0.717) is 17.7 Å². The predicted molar refractivity (Wildman–Crippen MR) is 80.6 cm³/mol. The van der Waals surface area contributed by atoms with Crippen molar-refractivity contribution in [2.24, 2.45) is 5.73 Å². The maximum Gasteiger partial charge on any atom is 0.253 e. The molecule has 1 atom stereocenters. The fourth-order valence-electron chi connectivity index (χ4n) is 1.88. The molecule has 0 aliphatic heterocycles. The Kier molecular flexibility index (Phi) is 6.18. The number of carbonyl (C=O) groups is 2. The molecule has 110 valence electrons. The summed E-state index contributed by atoms with van der Waals surface area (Å²) in [4.78, 5) is 25.0. The summed E-state index contributed by atoms with van der Waals surface area (Å²) >= 11 is 0. The first-order valence-corrected chi connectivity index (χ1v) is 6.81. The second-order valence-electron chi connectivity index (χ2n) is 5.08. The molecule has 5 nitrogen and oxygen atoms in total. The summed E-state index contributed by atoms with van der Waals surface area (Å²) < 4.78 is 0. The highest BCUT2D eigenvalue weighted by Gasteiger charge is 2.10. The van der Waals surface area contributed by atoms with Crippen LogP contribution in [0.25, 0.3) is 0 Å². The number of benzene rings is 1. The molecule has 0 aliphatic rings. The van der Waals surface area contributed by atoms with Crippen LogP contribution >= 0.6 is 0 Å². The van der Waals surface area contributed by atoms with Gasteiger partial charge in [0.05, 0.1) is 0 Å². The lowest BCUT2D eigenvalue weighted by atomic mass is 10.1. The molecule has 0 saturated heterocycles. The lowest BCUT2D eigenvalue weighted by molar-refractivity contribution is -0.116. The molecule has 1 aromatic rings. The molecular formula is C15H23N3O2. The molecule has 0 bridgehead atoms. The first kappa shape index (κ1) is 16.2. The lowest BCUT2D eigenvalue weighted by Crippen LogP contribution is -2.27. The second-order valence-corrected chi connectivity index (χ2v) is 5.08. The zero-order chi connectivity index (χ0) is 15.1. The Labute approximate surface area is 120 Å². The Morgan fingerprint density at radius 3 is 2.35 bits per heavy atom. The van der Waals surface area contributed by atoms with Gasteiger partial charge in [0, 0.05) is 37.8 Å². The topological polar surface area (TPSA) is 75.4 Å². The Bertz CT molecular complexity index is 455. The molecule has 0 aromatic heterocycles. The van der Waals surface area contributed by atoms with Crippen molar-refractivity contribution in [2.45, 2.75) is 32.2 Å². The number of amides is 2. The van der Waals surface area contributed by atoms with Crippen LogP contribution in [-0.2, 0) is 4.79 Å². The van der Waals surface area contributed by atoms with Crippen LogP contribution in [0.3, 0.4) is 0 Å². The number of hydrogen-bond acceptors (Lipinski definition) is 3. The van der Waals surface area contributed by atoms with E-state index in [9.17, 15) is 9.59 Å². The Morgan fingerprint density at radius 1 is 1.25 bits per heavy atom. The largest absolute Gasteiger partial charge is 0.345 e. The summed E-state index contributed by atoms with van der Waals surface area (Å²) in [6.45, 7) is 2.04. The number of nitrogens with two attached hydrogens (primary N) is 1. The van der Waals surface area contributed by atoms with Crippen LogP contribution in [0.15, 0.2) is 24.3 Å². The molecule has 0 spiro atoms. The maximum absolute atomic E-state index is 11.8. The third-order valence-corrected chi connectivity index (χ3v) is 2.93. The summed E-state index contributed by atoms with van der Waals surface area (Å²) in [6, 6.07) is 6.74. The molecule has 5 heteroatoms. The molecular weight excluding hydrogens is 254 g/mol. The van der Waals surface area contributed by atoms with Gasteiger partial charge in [0.1, 0.15) is 0 Å². The first-order chi connectivity index (χ1) is 9.43. The molecule has 20 heavy (non-hydrogen) atoms. The van der Waals surface area contributed by atoms with Crippen LogP contribution in [0.1, 0.15) is 36.5 Å². The average molecular weight is 277 g/mol. The van der Waals surface area contributed by atoms with Gasteiger partial charge in [0.25, 0.3) is 5.91 Å². The second kappa shape index (κ2) is 7.65. The van der Waals surface area contributed by atoms with Crippen molar-refractivity contribution < 1.29 is 9.59 Å². The molecule has 0 radical (unpaired) electrons. The van der Waals surface area contributed by atoms with Gasteiger partial charge >= 0.3 is 0 Å². The summed E-state index contributed by atoms with van der Waals surface area (Å²) in [5, 5.41) is 2.78. The van der Waals surface area contributed by atoms with Crippen molar-refractivity contribution in [3.63, 3.8) is 0 Å². The molecule has 1 unspecified atom stereocenters. The first-order valence-electron chi connectivity index (χ1n) is 6.81. The van der Waals surface area contributed by atoms with Gasteiger partial charge in [-0.3, -0.25) is 9.59 Å². The van der Waals surface area contributed by atoms with E-state index in [2.05, 4.69) is 5.32 Å². The van der Waals surface area contributed by atoms with E-state index in [4.69, 9.17) is 5.73 Å². The summed E-state index contributed by atoms with van der Waals surface area (Å²) in [7, 11) is 3.40. The van der Waals surface area contributed by atoms with E-state index < -0.39 is 0 Å². The number of nitrogens with zero attached hydrogens (tertiary/aromatic N) is 1. The molecule has 3 N–H and O–H groups in total. The van der Waals surface area contributed by atoms with Gasteiger partial charge in [-0.15, -0.1) is 0 Å². The Morgan fingerprint density at radius 2 is 1.85 bits per heavy atom. The minimum Gasteiger partial charge on any atom is -0.345 e. The van der Waals surface area contributed by atoms with Crippen LogP contribution in [0, 0.1) is 0 Å². The number of carbonyl (C=O) groups excluding carboxylic acids is 2. The maximum atomic E-state index is 11.8. The molecule has 2 amide bonds.